The van der Waals surface area contributed by atoms with Gasteiger partial charge in [0.2, 0.25) is 9.84 Å². The van der Waals surface area contributed by atoms with Gasteiger partial charge in [0.15, 0.2) is 0 Å². The second-order valence-corrected chi connectivity index (χ2v) is 7.52. The molecule has 7 heteroatoms. The first-order valence-corrected chi connectivity index (χ1v) is 9.23. The third-order valence-electron chi connectivity index (χ3n) is 3.08. The molecule has 0 heterocycles. The van der Waals surface area contributed by atoms with Crippen molar-refractivity contribution in [2.45, 2.75) is 11.8 Å². The predicted molar refractivity (Wildman–Crippen MR) is 94.7 cm³/mol. The van der Waals surface area contributed by atoms with E-state index < -0.39 is 15.8 Å². The molecule has 0 saturated carbocycles. The summed E-state index contributed by atoms with van der Waals surface area (Å²) in [6.07, 6.45) is 0.969. The average molecular weight is 385 g/mol. The number of halogens is 2. The van der Waals surface area contributed by atoms with E-state index >= 15 is 0 Å². The van der Waals surface area contributed by atoms with Crippen LogP contribution in [0.5, 0.6) is 0 Å². The first-order chi connectivity index (χ1) is 11.3. The molecular weight excluding hydrogens is 371 g/mol. The number of benzene rings is 2. The first-order valence-electron chi connectivity index (χ1n) is 6.99. The van der Waals surface area contributed by atoms with Gasteiger partial charge >= 0.3 is 5.97 Å². The van der Waals surface area contributed by atoms with Gasteiger partial charge in [0.25, 0.3) is 0 Å². The van der Waals surface area contributed by atoms with Crippen LogP contribution in [-0.2, 0) is 19.4 Å². The zero-order valence-electron chi connectivity index (χ0n) is 12.7. The molecule has 24 heavy (non-hydrogen) atoms. The molecule has 0 atom stereocenters. The van der Waals surface area contributed by atoms with Gasteiger partial charge in [-0.05, 0) is 48.9 Å². The van der Waals surface area contributed by atoms with E-state index in [-0.39, 0.29) is 16.4 Å². The minimum atomic E-state index is -3.94. The van der Waals surface area contributed by atoms with Crippen molar-refractivity contribution in [2.24, 2.45) is 0 Å². The summed E-state index contributed by atoms with van der Waals surface area (Å²) < 4.78 is 30.7. The third-order valence-corrected chi connectivity index (χ3v) is 5.41. The molecule has 4 nitrogen and oxygen atoms in total. The fourth-order valence-corrected chi connectivity index (χ4v) is 3.66. The van der Waals surface area contributed by atoms with Crippen molar-refractivity contribution >= 4 is 43.9 Å². The molecule has 0 radical (unpaired) electrons. The molecule has 0 bridgehead atoms. The molecule has 2 aromatic rings. The first kappa shape index (κ1) is 18.5. The predicted octanol–water partition coefficient (Wildman–Crippen LogP) is 4.37. The fraction of sp³-hybridized carbons (Fsp3) is 0.118. The van der Waals surface area contributed by atoms with Crippen molar-refractivity contribution in [2.75, 3.05) is 6.61 Å². The summed E-state index contributed by atoms with van der Waals surface area (Å²) in [7, 11) is -3.94. The highest BCUT2D eigenvalue weighted by molar-refractivity contribution is 8.00. The Morgan fingerprint density at radius 2 is 1.50 bits per heavy atom. The molecule has 0 aromatic heterocycles. The maximum absolute atomic E-state index is 12.9. The summed E-state index contributed by atoms with van der Waals surface area (Å²) in [5.74, 6) is -0.736. The lowest BCUT2D eigenvalue weighted by Crippen LogP contribution is -2.08. The normalized spacial score (nSPS) is 12.0. The van der Waals surface area contributed by atoms with Crippen molar-refractivity contribution in [3.8, 4) is 0 Å². The number of esters is 1. The topological polar surface area (TPSA) is 60.4 Å². The van der Waals surface area contributed by atoms with E-state index in [4.69, 9.17) is 27.9 Å². The summed E-state index contributed by atoms with van der Waals surface area (Å²) in [4.78, 5) is 11.7. The van der Waals surface area contributed by atoms with Crippen molar-refractivity contribution < 1.29 is 17.9 Å². The van der Waals surface area contributed by atoms with Crippen molar-refractivity contribution in [3.63, 3.8) is 0 Å². The van der Waals surface area contributed by atoms with E-state index in [2.05, 4.69) is 0 Å². The highest BCUT2D eigenvalue weighted by Crippen LogP contribution is 2.29. The number of sulfone groups is 1. The SMILES string of the molecule is CCOC(=O)/C=C(\c1ccc(Cl)cc1)S(=O)(=O)c1ccc(Cl)cc1. The number of rotatable bonds is 5. The zero-order valence-corrected chi connectivity index (χ0v) is 15.0. The van der Waals surface area contributed by atoms with Gasteiger partial charge in [0, 0.05) is 16.1 Å². The van der Waals surface area contributed by atoms with Crippen LogP contribution in [0.1, 0.15) is 12.5 Å². The second kappa shape index (κ2) is 7.83. The Hall–Kier alpha value is -1.82. The molecule has 0 unspecified atom stereocenters. The Bertz CT molecular complexity index is 854. The number of hydrogen-bond acceptors (Lipinski definition) is 4. The van der Waals surface area contributed by atoms with Crippen molar-refractivity contribution in [1.82, 2.24) is 0 Å². The van der Waals surface area contributed by atoms with Gasteiger partial charge in [-0.2, -0.15) is 0 Å². The molecule has 126 valence electrons. The quantitative estimate of drug-likeness (QED) is 0.567. The maximum Gasteiger partial charge on any atom is 0.332 e. The monoisotopic (exact) mass is 384 g/mol. The molecule has 0 amide bonds. The van der Waals surface area contributed by atoms with Crippen LogP contribution in [0.25, 0.3) is 4.91 Å². The van der Waals surface area contributed by atoms with Gasteiger partial charge in [-0.3, -0.25) is 0 Å². The summed E-state index contributed by atoms with van der Waals surface area (Å²) in [6, 6.07) is 11.9. The molecule has 0 N–H and O–H groups in total. The summed E-state index contributed by atoms with van der Waals surface area (Å²) >= 11 is 11.6. The zero-order chi connectivity index (χ0) is 17.7. The Labute approximate surface area is 150 Å². The Morgan fingerprint density at radius 3 is 2.00 bits per heavy atom. The largest absolute Gasteiger partial charge is 0.463 e. The van der Waals surface area contributed by atoms with E-state index in [1.165, 1.54) is 36.4 Å². The van der Waals surface area contributed by atoms with E-state index in [1.807, 2.05) is 0 Å². The average Bonchev–Trinajstić information content (AvgIpc) is 2.54. The van der Waals surface area contributed by atoms with Gasteiger partial charge < -0.3 is 4.74 Å². The standard InChI is InChI=1S/C17H14Cl2O4S/c1-2-23-17(20)11-16(12-3-5-13(18)6-4-12)24(21,22)15-9-7-14(19)8-10-15/h3-11H,2H2,1H3/b16-11+. The van der Waals surface area contributed by atoms with Gasteiger partial charge in [0.1, 0.15) is 0 Å². The molecule has 0 aliphatic carbocycles. The molecule has 0 fully saturated rings. The summed E-state index contributed by atoms with van der Waals surface area (Å²) in [6.45, 7) is 1.78. The van der Waals surface area contributed by atoms with Gasteiger partial charge in [-0.25, -0.2) is 13.2 Å². The van der Waals surface area contributed by atoms with Crippen molar-refractivity contribution in [3.05, 3.63) is 70.2 Å². The lowest BCUT2D eigenvalue weighted by atomic mass is 10.2. The van der Waals surface area contributed by atoms with E-state index in [9.17, 15) is 13.2 Å². The maximum atomic E-state index is 12.9. The molecular formula is C17H14Cl2O4S. The van der Waals surface area contributed by atoms with Gasteiger partial charge in [0.05, 0.1) is 16.4 Å². The summed E-state index contributed by atoms with van der Waals surface area (Å²) in [5, 5.41) is 0.870. The minimum Gasteiger partial charge on any atom is -0.463 e. The van der Waals surface area contributed by atoms with Crippen LogP contribution in [0.15, 0.2) is 59.5 Å². The Balaban J connectivity index is 2.58. The van der Waals surface area contributed by atoms with Crippen LogP contribution >= 0.6 is 23.2 Å². The second-order valence-electron chi connectivity index (χ2n) is 4.72. The molecule has 0 aliphatic heterocycles. The molecule has 2 aromatic carbocycles. The van der Waals surface area contributed by atoms with Crippen molar-refractivity contribution in [1.29, 1.82) is 0 Å². The molecule has 2 rings (SSSR count). The highest BCUT2D eigenvalue weighted by atomic mass is 35.5. The lowest BCUT2D eigenvalue weighted by molar-refractivity contribution is -0.137. The van der Waals surface area contributed by atoms with E-state index in [1.54, 1.807) is 19.1 Å². The Kier molecular flexibility index (Phi) is 6.04. The fourth-order valence-electron chi connectivity index (χ4n) is 1.96. The number of carbonyl (C=O) groups is 1. The van der Waals surface area contributed by atoms with Crippen LogP contribution in [-0.4, -0.2) is 21.0 Å². The molecule has 0 spiro atoms. The highest BCUT2D eigenvalue weighted by Gasteiger charge is 2.24. The summed E-state index contributed by atoms with van der Waals surface area (Å²) in [5.41, 5.74) is 0.336. The van der Waals surface area contributed by atoms with Crippen LogP contribution < -0.4 is 0 Å². The van der Waals surface area contributed by atoms with Crippen LogP contribution in [0.4, 0.5) is 0 Å². The lowest BCUT2D eigenvalue weighted by Gasteiger charge is -2.10. The van der Waals surface area contributed by atoms with Crippen LogP contribution in [0.3, 0.4) is 0 Å². The smallest absolute Gasteiger partial charge is 0.332 e. The van der Waals surface area contributed by atoms with E-state index in [0.29, 0.717) is 15.6 Å². The third kappa shape index (κ3) is 4.38. The molecule has 0 aliphatic rings. The van der Waals surface area contributed by atoms with E-state index in [0.717, 1.165) is 6.08 Å². The van der Waals surface area contributed by atoms with Gasteiger partial charge in [-0.15, -0.1) is 0 Å². The number of carbonyl (C=O) groups excluding carboxylic acids is 1. The molecule has 0 saturated heterocycles. The van der Waals surface area contributed by atoms with Crippen LogP contribution in [0.2, 0.25) is 10.0 Å². The van der Waals surface area contributed by atoms with Crippen LogP contribution in [0, 0.1) is 0 Å². The number of ether oxygens (including phenoxy) is 1. The minimum absolute atomic E-state index is 0.0254. The number of hydrogen-bond donors (Lipinski definition) is 0. The van der Waals surface area contributed by atoms with Gasteiger partial charge in [-0.1, -0.05) is 35.3 Å². The Morgan fingerprint density at radius 1 is 1.00 bits per heavy atom.